The first-order chi connectivity index (χ1) is 15.0. The summed E-state index contributed by atoms with van der Waals surface area (Å²) in [5, 5.41) is 19.5. The van der Waals surface area contributed by atoms with Gasteiger partial charge in [0.05, 0.1) is 26.5 Å². The molecule has 0 spiro atoms. The number of allylic oxidation sites excluding steroid dienone is 1. The number of aromatic nitrogens is 2. The quantitative estimate of drug-likeness (QED) is 0.561. The van der Waals surface area contributed by atoms with Gasteiger partial charge in [-0.25, -0.2) is 9.48 Å². The maximum absolute atomic E-state index is 13.0. The van der Waals surface area contributed by atoms with Crippen LogP contribution in [-0.2, 0) is 4.79 Å². The number of carbonyl (C=O) groups excluding carboxylic acids is 1. The summed E-state index contributed by atoms with van der Waals surface area (Å²) in [5.74, 6) is -0.270. The van der Waals surface area contributed by atoms with E-state index in [9.17, 15) is 14.7 Å². The molecule has 2 heterocycles. The van der Waals surface area contributed by atoms with Gasteiger partial charge in [0.1, 0.15) is 17.1 Å². The highest BCUT2D eigenvalue weighted by Crippen LogP contribution is 2.33. The molecule has 9 nitrogen and oxygen atoms in total. The Labute approximate surface area is 177 Å². The number of rotatable bonds is 6. The predicted octanol–water partition coefficient (Wildman–Crippen LogP) is 3.14. The first-order valence-corrected chi connectivity index (χ1v) is 9.39. The van der Waals surface area contributed by atoms with Crippen molar-refractivity contribution in [3.8, 4) is 11.5 Å². The minimum Gasteiger partial charge on any atom is -0.493 e. The average molecular weight is 420 g/mol. The van der Waals surface area contributed by atoms with E-state index < -0.39 is 17.9 Å². The van der Waals surface area contributed by atoms with Crippen molar-refractivity contribution in [1.29, 1.82) is 0 Å². The summed E-state index contributed by atoms with van der Waals surface area (Å²) in [6.45, 7) is 0. The molecule has 9 heteroatoms. The highest BCUT2D eigenvalue weighted by Gasteiger charge is 2.29. The predicted molar refractivity (Wildman–Crippen MR) is 114 cm³/mol. The van der Waals surface area contributed by atoms with Crippen LogP contribution in [0.2, 0.25) is 0 Å². The van der Waals surface area contributed by atoms with Crippen LogP contribution in [0.3, 0.4) is 0 Å². The van der Waals surface area contributed by atoms with Crippen LogP contribution in [0.25, 0.3) is 0 Å². The number of carboxylic acid groups (broad SMARTS) is 1. The summed E-state index contributed by atoms with van der Waals surface area (Å²) in [7, 11) is 3.03. The third-order valence-electron chi connectivity index (χ3n) is 4.89. The van der Waals surface area contributed by atoms with E-state index in [0.29, 0.717) is 23.0 Å². The van der Waals surface area contributed by atoms with Crippen molar-refractivity contribution < 1.29 is 24.2 Å². The van der Waals surface area contributed by atoms with Crippen molar-refractivity contribution in [3.05, 3.63) is 77.6 Å². The fourth-order valence-corrected chi connectivity index (χ4v) is 3.39. The van der Waals surface area contributed by atoms with Gasteiger partial charge in [-0.1, -0.05) is 30.3 Å². The molecule has 0 fully saturated rings. The van der Waals surface area contributed by atoms with E-state index in [1.807, 2.05) is 30.3 Å². The Hall–Kier alpha value is -4.27. The van der Waals surface area contributed by atoms with Gasteiger partial charge in [-0.2, -0.15) is 5.10 Å². The maximum atomic E-state index is 13.0. The number of ether oxygens (including phenoxy) is 2. The Balaban J connectivity index is 1.67. The lowest BCUT2D eigenvalue weighted by Crippen LogP contribution is -2.25. The van der Waals surface area contributed by atoms with Crippen LogP contribution in [-0.4, -0.2) is 41.0 Å². The molecule has 0 unspecified atom stereocenters. The van der Waals surface area contributed by atoms with E-state index in [1.165, 1.54) is 20.4 Å². The number of amides is 1. The first kappa shape index (κ1) is 20.0. The molecule has 3 aromatic rings. The standard InChI is InChI=1S/C22H20N4O5/c1-30-18-9-8-14(10-19(18)31-2)24-21(27)15-12-23-26-17(13-6-4-3-5-7-13)11-16(22(28)29)25-20(15)26/h3-12,17,25H,1-2H3,(H,24,27)(H,28,29)/t17-/m1/s1. The van der Waals surface area contributed by atoms with Gasteiger partial charge in [-0.15, -0.1) is 0 Å². The molecular formula is C22H20N4O5. The largest absolute Gasteiger partial charge is 0.493 e. The molecule has 1 amide bonds. The Bertz CT molecular complexity index is 1170. The van der Waals surface area contributed by atoms with Gasteiger partial charge in [0.25, 0.3) is 5.91 Å². The zero-order valence-electron chi connectivity index (χ0n) is 16.8. The molecule has 1 aliphatic rings. The number of nitrogens with one attached hydrogen (secondary N) is 2. The van der Waals surface area contributed by atoms with Crippen LogP contribution in [0.5, 0.6) is 11.5 Å². The van der Waals surface area contributed by atoms with Gasteiger partial charge in [0.15, 0.2) is 11.5 Å². The van der Waals surface area contributed by atoms with Crippen LogP contribution in [0.4, 0.5) is 11.5 Å². The number of fused-ring (bicyclic) bond motifs is 1. The number of anilines is 2. The number of aliphatic carboxylic acids is 1. The van der Waals surface area contributed by atoms with Crippen molar-refractivity contribution in [3.63, 3.8) is 0 Å². The lowest BCUT2D eigenvalue weighted by Gasteiger charge is -2.24. The molecule has 4 rings (SSSR count). The summed E-state index contributed by atoms with van der Waals surface area (Å²) in [5.41, 5.74) is 1.52. The lowest BCUT2D eigenvalue weighted by atomic mass is 10.0. The number of methoxy groups -OCH3 is 2. The second-order valence-electron chi connectivity index (χ2n) is 6.74. The lowest BCUT2D eigenvalue weighted by molar-refractivity contribution is -0.132. The molecule has 1 atom stereocenters. The minimum atomic E-state index is -1.13. The summed E-state index contributed by atoms with van der Waals surface area (Å²) < 4.78 is 12.1. The Kier molecular flexibility index (Phi) is 5.31. The van der Waals surface area contributed by atoms with Crippen LogP contribution in [0.15, 0.2) is 66.5 Å². The number of benzene rings is 2. The van der Waals surface area contributed by atoms with Gasteiger partial charge in [-0.05, 0) is 23.8 Å². The smallest absolute Gasteiger partial charge is 0.352 e. The SMILES string of the molecule is COc1ccc(NC(=O)c2cnn3c2NC(C(=O)O)=C[C@@H]3c2ccccc2)cc1OC. The molecule has 1 aliphatic heterocycles. The Morgan fingerprint density at radius 1 is 1.10 bits per heavy atom. The zero-order valence-corrected chi connectivity index (χ0v) is 16.8. The highest BCUT2D eigenvalue weighted by molar-refractivity contribution is 6.08. The van der Waals surface area contributed by atoms with E-state index in [4.69, 9.17) is 9.47 Å². The van der Waals surface area contributed by atoms with E-state index in [2.05, 4.69) is 15.7 Å². The zero-order chi connectivity index (χ0) is 22.0. The van der Waals surface area contributed by atoms with E-state index in [1.54, 1.807) is 29.0 Å². The molecule has 0 bridgehead atoms. The molecule has 1 aromatic heterocycles. The second kappa shape index (κ2) is 8.23. The summed E-state index contributed by atoms with van der Waals surface area (Å²) in [6.07, 6.45) is 2.97. The van der Waals surface area contributed by atoms with Crippen LogP contribution in [0, 0.1) is 0 Å². The van der Waals surface area contributed by atoms with Crippen LogP contribution < -0.4 is 20.1 Å². The topological polar surface area (TPSA) is 115 Å². The fraction of sp³-hybridized carbons (Fsp3) is 0.136. The van der Waals surface area contributed by atoms with E-state index >= 15 is 0 Å². The minimum absolute atomic E-state index is 0.0259. The normalized spacial score (nSPS) is 14.6. The number of hydrogen-bond donors (Lipinski definition) is 3. The molecule has 0 saturated carbocycles. The molecule has 2 aromatic carbocycles. The third-order valence-corrected chi connectivity index (χ3v) is 4.89. The molecular weight excluding hydrogens is 400 g/mol. The number of nitrogens with zero attached hydrogens (tertiary/aromatic N) is 2. The Morgan fingerprint density at radius 2 is 1.84 bits per heavy atom. The molecule has 3 N–H and O–H groups in total. The number of hydrogen-bond acceptors (Lipinski definition) is 6. The van der Waals surface area contributed by atoms with Crippen LogP contribution in [0.1, 0.15) is 22.0 Å². The van der Waals surface area contributed by atoms with Crippen molar-refractivity contribution in [2.75, 3.05) is 24.9 Å². The Morgan fingerprint density at radius 3 is 2.52 bits per heavy atom. The van der Waals surface area contributed by atoms with Crippen LogP contribution >= 0.6 is 0 Å². The highest BCUT2D eigenvalue weighted by atomic mass is 16.5. The average Bonchev–Trinajstić information content (AvgIpc) is 3.23. The number of carboxylic acids is 1. The van der Waals surface area contributed by atoms with Gasteiger partial charge in [0.2, 0.25) is 0 Å². The molecule has 158 valence electrons. The first-order valence-electron chi connectivity index (χ1n) is 9.39. The van der Waals surface area contributed by atoms with Gasteiger partial charge in [0, 0.05) is 11.8 Å². The van der Waals surface area contributed by atoms with E-state index in [0.717, 1.165) is 5.56 Å². The van der Waals surface area contributed by atoms with Gasteiger partial charge in [-0.3, -0.25) is 4.79 Å². The van der Waals surface area contributed by atoms with Gasteiger partial charge >= 0.3 is 5.97 Å². The summed E-state index contributed by atoms with van der Waals surface area (Å²) in [6, 6.07) is 13.9. The second-order valence-corrected chi connectivity index (χ2v) is 6.74. The molecule has 0 radical (unpaired) electrons. The van der Waals surface area contributed by atoms with Gasteiger partial charge < -0.3 is 25.2 Å². The van der Waals surface area contributed by atoms with Crippen molar-refractivity contribution in [2.24, 2.45) is 0 Å². The summed E-state index contributed by atoms with van der Waals surface area (Å²) in [4.78, 5) is 24.7. The number of carbonyl (C=O) groups is 2. The molecule has 31 heavy (non-hydrogen) atoms. The fourth-order valence-electron chi connectivity index (χ4n) is 3.39. The van der Waals surface area contributed by atoms with Crippen molar-refractivity contribution in [2.45, 2.75) is 6.04 Å². The monoisotopic (exact) mass is 420 g/mol. The van der Waals surface area contributed by atoms with E-state index in [-0.39, 0.29) is 11.3 Å². The third kappa shape index (κ3) is 3.80. The molecule has 0 aliphatic carbocycles. The van der Waals surface area contributed by atoms with Crippen molar-refractivity contribution in [1.82, 2.24) is 9.78 Å². The maximum Gasteiger partial charge on any atom is 0.352 e. The summed E-state index contributed by atoms with van der Waals surface area (Å²) >= 11 is 0. The van der Waals surface area contributed by atoms with Crippen molar-refractivity contribution >= 4 is 23.4 Å². The molecule has 0 saturated heterocycles.